The molecule has 2 aliphatic carbocycles. The summed E-state index contributed by atoms with van der Waals surface area (Å²) < 4.78 is 66.4. The summed E-state index contributed by atoms with van der Waals surface area (Å²) in [6.07, 6.45) is -1.68. The summed E-state index contributed by atoms with van der Waals surface area (Å²) in [4.78, 5) is 18.5. The number of Topliss-reactive ketones (excluding diaryl/α,β-unsaturated/α-hetero) is 1. The van der Waals surface area contributed by atoms with Crippen LogP contribution >= 0.6 is 0 Å². The minimum atomic E-state index is -4.45. The van der Waals surface area contributed by atoms with Gasteiger partial charge < -0.3 is 4.90 Å². The standard InChI is InChI=1S/C21H28F3N3O3S/c1-14-12-26(8-9-27(14)18-5-4-16(11-25-18)21(22,23)24)31(29,30)13-20-7-6-15(10-17(20)28)19(20,2)3/h4-5,11,14-15H,6-10,12-13H2,1-3H3/t14-,15-,20-/m1/s1. The zero-order chi connectivity index (χ0) is 22.8. The summed E-state index contributed by atoms with van der Waals surface area (Å²) in [5.74, 6) is 0.546. The lowest BCUT2D eigenvalue weighted by molar-refractivity contribution is -0.137. The van der Waals surface area contributed by atoms with E-state index in [2.05, 4.69) is 4.98 Å². The van der Waals surface area contributed by atoms with Crippen LogP contribution in [-0.4, -0.2) is 54.9 Å². The maximum absolute atomic E-state index is 13.3. The second kappa shape index (κ2) is 7.16. The Hall–Kier alpha value is -1.68. The first-order valence-corrected chi connectivity index (χ1v) is 12.2. The van der Waals surface area contributed by atoms with Gasteiger partial charge in [-0.3, -0.25) is 4.79 Å². The molecule has 3 fully saturated rings. The first-order chi connectivity index (χ1) is 14.3. The number of hydrogen-bond donors (Lipinski definition) is 0. The zero-order valence-electron chi connectivity index (χ0n) is 17.9. The van der Waals surface area contributed by atoms with Crippen LogP contribution in [0, 0.1) is 16.7 Å². The van der Waals surface area contributed by atoms with E-state index < -0.39 is 27.2 Å². The quantitative estimate of drug-likeness (QED) is 0.691. The Labute approximate surface area is 180 Å². The molecule has 3 atom stereocenters. The number of carbonyl (C=O) groups excluding carboxylic acids is 1. The number of sulfonamides is 1. The summed E-state index contributed by atoms with van der Waals surface area (Å²) in [5, 5.41) is 0. The number of aromatic nitrogens is 1. The van der Waals surface area contributed by atoms with Crippen LogP contribution in [0.5, 0.6) is 0 Å². The molecule has 1 saturated heterocycles. The Kier molecular flexibility index (Phi) is 5.20. The molecule has 2 heterocycles. The van der Waals surface area contributed by atoms with Gasteiger partial charge >= 0.3 is 6.18 Å². The first kappa shape index (κ1) is 22.5. The van der Waals surface area contributed by atoms with Crippen molar-refractivity contribution in [2.75, 3.05) is 30.3 Å². The minimum absolute atomic E-state index is 0.0676. The number of anilines is 1. The second-order valence-electron chi connectivity index (χ2n) is 9.73. The van der Waals surface area contributed by atoms with Crippen LogP contribution in [0.2, 0.25) is 0 Å². The molecule has 172 valence electrons. The fraction of sp³-hybridized carbons (Fsp3) is 0.714. The molecule has 1 aromatic rings. The summed E-state index contributed by atoms with van der Waals surface area (Å²) in [6, 6.07) is 2.05. The number of alkyl halides is 3. The van der Waals surface area contributed by atoms with Crippen molar-refractivity contribution in [2.45, 2.75) is 52.3 Å². The topological polar surface area (TPSA) is 70.6 Å². The van der Waals surface area contributed by atoms with Gasteiger partial charge in [-0.15, -0.1) is 0 Å². The van der Waals surface area contributed by atoms with E-state index in [-0.39, 0.29) is 42.0 Å². The highest BCUT2D eigenvalue weighted by Crippen LogP contribution is 2.64. The Morgan fingerprint density at radius 2 is 1.94 bits per heavy atom. The van der Waals surface area contributed by atoms with Gasteiger partial charge in [-0.25, -0.2) is 13.4 Å². The lowest BCUT2D eigenvalue weighted by Crippen LogP contribution is -2.56. The van der Waals surface area contributed by atoms with Gasteiger partial charge in [0.1, 0.15) is 11.6 Å². The fourth-order valence-corrected chi connectivity index (χ4v) is 8.04. The molecule has 3 aliphatic rings. The van der Waals surface area contributed by atoms with Gasteiger partial charge in [-0.1, -0.05) is 13.8 Å². The fourth-order valence-electron chi connectivity index (χ4n) is 5.75. The van der Waals surface area contributed by atoms with Crippen molar-refractivity contribution in [3.8, 4) is 0 Å². The molecule has 2 bridgehead atoms. The van der Waals surface area contributed by atoms with Crippen molar-refractivity contribution >= 4 is 21.6 Å². The highest BCUT2D eigenvalue weighted by atomic mass is 32.2. The number of pyridine rings is 1. The van der Waals surface area contributed by atoms with Crippen molar-refractivity contribution in [3.63, 3.8) is 0 Å². The Balaban J connectivity index is 1.48. The molecule has 0 aromatic carbocycles. The van der Waals surface area contributed by atoms with E-state index in [0.29, 0.717) is 25.2 Å². The number of hydrogen-bond acceptors (Lipinski definition) is 5. The van der Waals surface area contributed by atoms with Gasteiger partial charge in [0, 0.05) is 43.7 Å². The van der Waals surface area contributed by atoms with Crippen LogP contribution in [0.25, 0.3) is 0 Å². The molecule has 6 nitrogen and oxygen atoms in total. The molecule has 0 spiro atoms. The highest BCUT2D eigenvalue weighted by Gasteiger charge is 2.65. The molecule has 10 heteroatoms. The third-order valence-corrected chi connectivity index (χ3v) is 9.90. The summed E-state index contributed by atoms with van der Waals surface area (Å²) >= 11 is 0. The number of nitrogens with zero attached hydrogens (tertiary/aromatic N) is 3. The number of ketones is 1. The van der Waals surface area contributed by atoms with Crippen molar-refractivity contribution < 1.29 is 26.4 Å². The number of halogens is 3. The molecule has 2 saturated carbocycles. The molecule has 1 aliphatic heterocycles. The highest BCUT2D eigenvalue weighted by molar-refractivity contribution is 7.89. The van der Waals surface area contributed by atoms with Crippen LogP contribution in [-0.2, 0) is 21.0 Å². The lowest BCUT2D eigenvalue weighted by atomic mass is 9.70. The van der Waals surface area contributed by atoms with Gasteiger partial charge in [0.25, 0.3) is 0 Å². The first-order valence-electron chi connectivity index (χ1n) is 10.6. The van der Waals surface area contributed by atoms with Crippen molar-refractivity contribution in [1.82, 2.24) is 9.29 Å². The van der Waals surface area contributed by atoms with Gasteiger partial charge in [0.05, 0.1) is 11.3 Å². The van der Waals surface area contributed by atoms with Gasteiger partial charge in [-0.2, -0.15) is 17.5 Å². The maximum Gasteiger partial charge on any atom is 0.417 e. The van der Waals surface area contributed by atoms with Crippen molar-refractivity contribution in [1.29, 1.82) is 0 Å². The second-order valence-corrected chi connectivity index (χ2v) is 11.7. The minimum Gasteiger partial charge on any atom is -0.351 e. The summed E-state index contributed by atoms with van der Waals surface area (Å²) in [6.45, 7) is 6.60. The molecule has 0 unspecified atom stereocenters. The summed E-state index contributed by atoms with van der Waals surface area (Å²) in [7, 11) is -3.66. The monoisotopic (exact) mass is 459 g/mol. The van der Waals surface area contributed by atoms with Crippen molar-refractivity contribution in [3.05, 3.63) is 23.9 Å². The van der Waals surface area contributed by atoms with Gasteiger partial charge in [0.15, 0.2) is 0 Å². The molecule has 4 rings (SSSR count). The van der Waals surface area contributed by atoms with Crippen LogP contribution < -0.4 is 4.90 Å². The van der Waals surface area contributed by atoms with E-state index in [1.165, 1.54) is 10.4 Å². The van der Waals surface area contributed by atoms with E-state index in [4.69, 9.17) is 0 Å². The van der Waals surface area contributed by atoms with E-state index in [1.807, 2.05) is 25.7 Å². The predicted octanol–water partition coefficient (Wildman–Crippen LogP) is 3.34. The molecular weight excluding hydrogens is 431 g/mol. The van der Waals surface area contributed by atoms with Crippen LogP contribution in [0.4, 0.5) is 19.0 Å². The number of fused-ring (bicyclic) bond motifs is 2. The average molecular weight is 460 g/mol. The van der Waals surface area contributed by atoms with E-state index in [0.717, 1.165) is 18.7 Å². The molecule has 1 aromatic heterocycles. The smallest absolute Gasteiger partial charge is 0.351 e. The molecule has 0 radical (unpaired) electrons. The average Bonchev–Trinajstić information content (AvgIpc) is 3.01. The third kappa shape index (κ3) is 3.55. The van der Waals surface area contributed by atoms with E-state index >= 15 is 0 Å². The molecular formula is C21H28F3N3O3S. The van der Waals surface area contributed by atoms with Crippen LogP contribution in [0.3, 0.4) is 0 Å². The Bertz CT molecular complexity index is 978. The molecule has 0 amide bonds. The van der Waals surface area contributed by atoms with Gasteiger partial charge in [-0.05, 0) is 43.2 Å². The Morgan fingerprint density at radius 1 is 1.23 bits per heavy atom. The largest absolute Gasteiger partial charge is 0.417 e. The number of rotatable bonds is 4. The summed E-state index contributed by atoms with van der Waals surface area (Å²) in [5.41, 5.74) is -1.95. The van der Waals surface area contributed by atoms with Crippen LogP contribution in [0.1, 0.15) is 45.6 Å². The zero-order valence-corrected chi connectivity index (χ0v) is 18.8. The molecule has 31 heavy (non-hydrogen) atoms. The predicted molar refractivity (Wildman–Crippen MR) is 110 cm³/mol. The Morgan fingerprint density at radius 3 is 2.42 bits per heavy atom. The number of carbonyl (C=O) groups is 1. The van der Waals surface area contributed by atoms with Gasteiger partial charge in [0.2, 0.25) is 10.0 Å². The maximum atomic E-state index is 13.3. The molecule has 0 N–H and O–H groups in total. The van der Waals surface area contributed by atoms with Crippen LogP contribution in [0.15, 0.2) is 18.3 Å². The van der Waals surface area contributed by atoms with E-state index in [1.54, 1.807) is 0 Å². The van der Waals surface area contributed by atoms with Crippen molar-refractivity contribution in [2.24, 2.45) is 16.7 Å². The lowest BCUT2D eigenvalue weighted by Gasteiger charge is -2.42. The van der Waals surface area contributed by atoms with E-state index in [9.17, 15) is 26.4 Å². The number of piperazine rings is 1. The normalized spacial score (nSPS) is 31.4. The SMILES string of the molecule is C[C@@H]1CN(S(=O)(=O)C[C@]23CC[C@H](CC2=O)C3(C)C)CCN1c1ccc(C(F)(F)F)cn1. The third-order valence-electron chi connectivity index (χ3n) is 7.92.